The van der Waals surface area contributed by atoms with Crippen LogP contribution in [-0.2, 0) is 0 Å². The highest BCUT2D eigenvalue weighted by Gasteiger charge is 2.11. The van der Waals surface area contributed by atoms with Crippen LogP contribution in [-0.4, -0.2) is 26.0 Å². The first kappa shape index (κ1) is 11.8. The van der Waals surface area contributed by atoms with E-state index in [4.69, 9.17) is 16.7 Å². The molecule has 0 spiro atoms. The van der Waals surface area contributed by atoms with Gasteiger partial charge in [-0.15, -0.1) is 0 Å². The molecule has 7 heteroatoms. The quantitative estimate of drug-likeness (QED) is 0.861. The molecule has 0 aliphatic heterocycles. The van der Waals surface area contributed by atoms with Gasteiger partial charge >= 0.3 is 5.97 Å². The van der Waals surface area contributed by atoms with E-state index in [1.165, 1.54) is 24.0 Å². The van der Waals surface area contributed by atoms with Crippen molar-refractivity contribution in [2.24, 2.45) is 0 Å². The lowest BCUT2D eigenvalue weighted by Crippen LogP contribution is -1.99. The molecule has 5 nitrogen and oxygen atoms in total. The zero-order chi connectivity index (χ0) is 12.3. The summed E-state index contributed by atoms with van der Waals surface area (Å²) in [5.41, 5.74) is 0.0140. The van der Waals surface area contributed by atoms with Crippen molar-refractivity contribution >= 4 is 29.3 Å². The van der Waals surface area contributed by atoms with Gasteiger partial charge in [-0.05, 0) is 23.9 Å². The Kier molecular flexibility index (Phi) is 3.55. The second-order valence-corrected chi connectivity index (χ2v) is 4.34. The summed E-state index contributed by atoms with van der Waals surface area (Å²) < 4.78 is 0. The fourth-order valence-corrected chi connectivity index (χ4v) is 1.95. The molecular formula is C10H6ClN3O2S. The van der Waals surface area contributed by atoms with E-state index in [2.05, 4.69) is 15.0 Å². The second kappa shape index (κ2) is 5.11. The molecule has 86 valence electrons. The van der Waals surface area contributed by atoms with Gasteiger partial charge < -0.3 is 5.11 Å². The van der Waals surface area contributed by atoms with Crippen molar-refractivity contribution in [2.75, 3.05) is 0 Å². The van der Waals surface area contributed by atoms with Crippen LogP contribution in [0.1, 0.15) is 10.4 Å². The molecule has 2 heterocycles. The number of pyridine rings is 1. The van der Waals surface area contributed by atoms with E-state index in [-0.39, 0.29) is 10.6 Å². The van der Waals surface area contributed by atoms with Crippen LogP contribution < -0.4 is 0 Å². The van der Waals surface area contributed by atoms with E-state index in [0.717, 1.165) is 0 Å². The summed E-state index contributed by atoms with van der Waals surface area (Å²) in [5.74, 6) is -1.09. The van der Waals surface area contributed by atoms with Crippen LogP contribution >= 0.6 is 23.4 Å². The van der Waals surface area contributed by atoms with Crippen LogP contribution in [0.25, 0.3) is 0 Å². The number of carbonyl (C=O) groups is 1. The molecule has 0 aromatic carbocycles. The zero-order valence-electron chi connectivity index (χ0n) is 8.37. The van der Waals surface area contributed by atoms with Crippen molar-refractivity contribution < 1.29 is 9.90 Å². The third-order valence-corrected chi connectivity index (χ3v) is 2.93. The maximum atomic E-state index is 10.9. The van der Waals surface area contributed by atoms with E-state index < -0.39 is 5.97 Å². The smallest absolute Gasteiger partial charge is 0.337 e. The number of carboxylic acid groups (broad SMARTS) is 1. The van der Waals surface area contributed by atoms with Crippen molar-refractivity contribution in [1.82, 2.24) is 15.0 Å². The van der Waals surface area contributed by atoms with Gasteiger partial charge in [0.05, 0.1) is 10.6 Å². The molecule has 0 saturated heterocycles. The molecule has 0 atom stereocenters. The molecule has 0 radical (unpaired) electrons. The van der Waals surface area contributed by atoms with E-state index in [1.54, 1.807) is 18.5 Å². The Morgan fingerprint density at radius 3 is 2.65 bits per heavy atom. The van der Waals surface area contributed by atoms with Gasteiger partial charge in [-0.2, -0.15) is 0 Å². The van der Waals surface area contributed by atoms with Crippen LogP contribution in [0, 0.1) is 0 Å². The fourth-order valence-electron chi connectivity index (χ4n) is 1.07. The number of carboxylic acids is 1. The molecule has 0 aliphatic rings. The Labute approximate surface area is 106 Å². The molecule has 2 rings (SSSR count). The number of nitrogens with zero attached hydrogens (tertiary/aromatic N) is 3. The molecule has 0 aliphatic carbocycles. The molecule has 0 saturated carbocycles. The largest absolute Gasteiger partial charge is 0.478 e. The SMILES string of the molecule is O=C(O)c1cc(Sc2ncccn2)ncc1Cl. The average Bonchev–Trinajstić information content (AvgIpc) is 2.32. The molecule has 0 fully saturated rings. The van der Waals surface area contributed by atoms with Crippen LogP contribution in [0.15, 0.2) is 40.9 Å². The van der Waals surface area contributed by atoms with Gasteiger partial charge in [0.15, 0.2) is 5.16 Å². The highest BCUT2D eigenvalue weighted by Crippen LogP contribution is 2.25. The average molecular weight is 268 g/mol. The number of hydrogen-bond donors (Lipinski definition) is 1. The van der Waals surface area contributed by atoms with Gasteiger partial charge in [0.25, 0.3) is 0 Å². The fraction of sp³-hybridized carbons (Fsp3) is 0. The molecule has 2 aromatic rings. The predicted molar refractivity (Wildman–Crippen MR) is 62.4 cm³/mol. The summed E-state index contributed by atoms with van der Waals surface area (Å²) in [6.45, 7) is 0. The van der Waals surface area contributed by atoms with Gasteiger partial charge in [-0.1, -0.05) is 11.6 Å². The van der Waals surface area contributed by atoms with E-state index in [0.29, 0.717) is 10.2 Å². The van der Waals surface area contributed by atoms with Gasteiger partial charge in [-0.25, -0.2) is 19.7 Å². The van der Waals surface area contributed by atoms with Crippen molar-refractivity contribution in [3.8, 4) is 0 Å². The maximum absolute atomic E-state index is 10.9. The van der Waals surface area contributed by atoms with Crippen LogP contribution in [0.3, 0.4) is 0 Å². The number of rotatable bonds is 3. The third-order valence-electron chi connectivity index (χ3n) is 1.80. The first-order valence-corrected chi connectivity index (χ1v) is 5.70. The van der Waals surface area contributed by atoms with Crippen molar-refractivity contribution in [1.29, 1.82) is 0 Å². The molecule has 0 unspecified atom stereocenters. The summed E-state index contributed by atoms with van der Waals surface area (Å²) in [6.07, 6.45) is 4.50. The Morgan fingerprint density at radius 1 is 1.29 bits per heavy atom. The summed E-state index contributed by atoms with van der Waals surface area (Å²) >= 11 is 6.88. The zero-order valence-corrected chi connectivity index (χ0v) is 9.94. The number of aromatic nitrogens is 3. The minimum atomic E-state index is -1.09. The summed E-state index contributed by atoms with van der Waals surface area (Å²) in [5, 5.41) is 9.99. The highest BCUT2D eigenvalue weighted by atomic mass is 35.5. The Hall–Kier alpha value is -1.66. The molecule has 1 N–H and O–H groups in total. The first-order valence-electron chi connectivity index (χ1n) is 4.50. The van der Waals surface area contributed by atoms with Crippen molar-refractivity contribution in [3.63, 3.8) is 0 Å². The van der Waals surface area contributed by atoms with Crippen LogP contribution in [0.5, 0.6) is 0 Å². The number of hydrogen-bond acceptors (Lipinski definition) is 5. The van der Waals surface area contributed by atoms with Crippen molar-refractivity contribution in [3.05, 3.63) is 41.3 Å². The normalized spacial score (nSPS) is 10.2. The molecular weight excluding hydrogens is 262 g/mol. The minimum absolute atomic E-state index is 0.0140. The van der Waals surface area contributed by atoms with Crippen LogP contribution in [0.4, 0.5) is 0 Å². The summed E-state index contributed by atoms with van der Waals surface area (Å²) in [6, 6.07) is 3.09. The third kappa shape index (κ3) is 2.92. The van der Waals surface area contributed by atoms with E-state index >= 15 is 0 Å². The molecule has 0 amide bonds. The Bertz CT molecular complexity index is 551. The van der Waals surface area contributed by atoms with E-state index in [9.17, 15) is 4.79 Å². The molecule has 2 aromatic heterocycles. The molecule has 0 bridgehead atoms. The number of halogens is 1. The van der Waals surface area contributed by atoms with Crippen LogP contribution in [0.2, 0.25) is 5.02 Å². The van der Waals surface area contributed by atoms with Gasteiger partial charge in [0.1, 0.15) is 5.03 Å². The first-order chi connectivity index (χ1) is 8.16. The topological polar surface area (TPSA) is 76.0 Å². The lowest BCUT2D eigenvalue weighted by molar-refractivity contribution is 0.0696. The standard InChI is InChI=1S/C10H6ClN3O2S/c11-7-5-14-8(4-6(7)9(15)16)17-10-12-2-1-3-13-10/h1-5H,(H,15,16). The molecule has 17 heavy (non-hydrogen) atoms. The highest BCUT2D eigenvalue weighted by molar-refractivity contribution is 7.99. The monoisotopic (exact) mass is 267 g/mol. The van der Waals surface area contributed by atoms with Crippen molar-refractivity contribution in [2.45, 2.75) is 10.2 Å². The predicted octanol–water partition coefficient (Wildman–Crippen LogP) is 2.37. The Balaban J connectivity index is 2.29. The maximum Gasteiger partial charge on any atom is 0.337 e. The summed E-state index contributed by atoms with van der Waals surface area (Å²) in [4.78, 5) is 22.9. The Morgan fingerprint density at radius 2 is 2.00 bits per heavy atom. The van der Waals surface area contributed by atoms with Gasteiger partial charge in [-0.3, -0.25) is 0 Å². The van der Waals surface area contributed by atoms with E-state index in [1.807, 2.05) is 0 Å². The van der Waals surface area contributed by atoms with Gasteiger partial charge in [0.2, 0.25) is 0 Å². The second-order valence-electron chi connectivity index (χ2n) is 2.94. The lowest BCUT2D eigenvalue weighted by atomic mass is 10.3. The van der Waals surface area contributed by atoms with Gasteiger partial charge in [0, 0.05) is 18.6 Å². The number of aromatic carboxylic acids is 1. The summed E-state index contributed by atoms with van der Waals surface area (Å²) in [7, 11) is 0. The minimum Gasteiger partial charge on any atom is -0.478 e. The lowest BCUT2D eigenvalue weighted by Gasteiger charge is -2.02.